The normalized spacial score (nSPS) is 18.4. The van der Waals surface area contributed by atoms with E-state index in [9.17, 15) is 24.8 Å². The minimum absolute atomic E-state index is 0.0504. The Morgan fingerprint density at radius 3 is 2.83 bits per heavy atom. The number of aliphatic carboxylic acids is 1. The Kier molecular flexibility index (Phi) is 6.07. The van der Waals surface area contributed by atoms with E-state index in [4.69, 9.17) is 9.47 Å². The fraction of sp³-hybridized carbons (Fsp3) is 0.467. The summed E-state index contributed by atoms with van der Waals surface area (Å²) in [5.41, 5.74) is -0.263. The summed E-state index contributed by atoms with van der Waals surface area (Å²) >= 11 is 0. The van der Waals surface area contributed by atoms with E-state index in [-0.39, 0.29) is 24.0 Å². The lowest BCUT2D eigenvalue weighted by atomic mass is 9.93. The molecule has 1 saturated heterocycles. The molecule has 0 bridgehead atoms. The molecule has 2 rings (SSSR count). The first-order valence-corrected chi connectivity index (χ1v) is 7.45. The van der Waals surface area contributed by atoms with Gasteiger partial charge in [-0.05, 0) is 18.9 Å². The molecule has 9 heteroatoms. The molecular formula is C15H18N2O7. The first kappa shape index (κ1) is 17.7. The van der Waals surface area contributed by atoms with Crippen LogP contribution in [0.2, 0.25) is 0 Å². The van der Waals surface area contributed by atoms with Gasteiger partial charge < -0.3 is 19.9 Å². The second kappa shape index (κ2) is 8.25. The predicted molar refractivity (Wildman–Crippen MR) is 81.7 cm³/mol. The lowest BCUT2D eigenvalue weighted by Crippen LogP contribution is -2.49. The molecule has 9 nitrogen and oxygen atoms in total. The molecule has 1 aliphatic heterocycles. The van der Waals surface area contributed by atoms with Crippen molar-refractivity contribution < 1.29 is 29.1 Å². The van der Waals surface area contributed by atoms with E-state index in [1.54, 1.807) is 6.07 Å². The number of carbonyl (C=O) groups is 2. The highest BCUT2D eigenvalue weighted by Crippen LogP contribution is 2.25. The van der Waals surface area contributed by atoms with Gasteiger partial charge in [0.1, 0.15) is 6.04 Å². The summed E-state index contributed by atoms with van der Waals surface area (Å²) < 4.78 is 10.4. The Bertz CT molecular complexity index is 614. The Balaban J connectivity index is 1.94. The Morgan fingerprint density at radius 2 is 2.21 bits per heavy atom. The zero-order chi connectivity index (χ0) is 17.5. The third kappa shape index (κ3) is 4.66. The molecule has 1 aliphatic rings. The van der Waals surface area contributed by atoms with E-state index in [0.717, 1.165) is 6.42 Å². The molecular weight excluding hydrogens is 320 g/mol. The van der Waals surface area contributed by atoms with Crippen LogP contribution in [0.4, 0.5) is 5.69 Å². The van der Waals surface area contributed by atoms with Gasteiger partial charge in [0.25, 0.3) is 5.91 Å². The second-order valence-corrected chi connectivity index (χ2v) is 5.37. The largest absolute Gasteiger partial charge is 0.480 e. The number of rotatable bonds is 7. The van der Waals surface area contributed by atoms with Crippen LogP contribution < -0.4 is 10.1 Å². The van der Waals surface area contributed by atoms with Crippen LogP contribution in [-0.4, -0.2) is 47.8 Å². The van der Waals surface area contributed by atoms with Crippen LogP contribution in [0, 0.1) is 16.0 Å². The summed E-state index contributed by atoms with van der Waals surface area (Å²) in [7, 11) is 0. The third-order valence-electron chi connectivity index (χ3n) is 3.67. The van der Waals surface area contributed by atoms with Gasteiger partial charge in [-0.1, -0.05) is 12.1 Å². The Hall–Kier alpha value is -2.68. The van der Waals surface area contributed by atoms with Crippen LogP contribution in [0.1, 0.15) is 12.8 Å². The van der Waals surface area contributed by atoms with Gasteiger partial charge in [0.15, 0.2) is 12.4 Å². The molecule has 0 aliphatic carbocycles. The molecule has 0 aromatic heterocycles. The summed E-state index contributed by atoms with van der Waals surface area (Å²) in [5, 5.41) is 22.5. The second-order valence-electron chi connectivity index (χ2n) is 5.37. The smallest absolute Gasteiger partial charge is 0.326 e. The molecule has 2 N–H and O–H groups in total. The monoisotopic (exact) mass is 338 g/mol. The number of carboxylic acids is 1. The van der Waals surface area contributed by atoms with Gasteiger partial charge in [0.2, 0.25) is 0 Å². The molecule has 2 atom stereocenters. The van der Waals surface area contributed by atoms with Crippen molar-refractivity contribution in [1.29, 1.82) is 0 Å². The van der Waals surface area contributed by atoms with E-state index < -0.39 is 29.4 Å². The van der Waals surface area contributed by atoms with Crippen LogP contribution in [0.25, 0.3) is 0 Å². The molecule has 1 fully saturated rings. The maximum atomic E-state index is 11.9. The first-order chi connectivity index (χ1) is 11.5. The van der Waals surface area contributed by atoms with E-state index in [0.29, 0.717) is 13.0 Å². The van der Waals surface area contributed by atoms with Crippen LogP contribution >= 0.6 is 0 Å². The molecule has 0 spiro atoms. The van der Waals surface area contributed by atoms with Crippen molar-refractivity contribution in [2.75, 3.05) is 19.8 Å². The van der Waals surface area contributed by atoms with Gasteiger partial charge in [0, 0.05) is 18.6 Å². The van der Waals surface area contributed by atoms with E-state index in [2.05, 4.69) is 5.32 Å². The number of carboxylic acid groups (broad SMARTS) is 1. The maximum absolute atomic E-state index is 11.9. The summed E-state index contributed by atoms with van der Waals surface area (Å²) in [5.74, 6) is -2.17. The highest BCUT2D eigenvalue weighted by molar-refractivity contribution is 5.84. The van der Waals surface area contributed by atoms with Crippen molar-refractivity contribution in [2.24, 2.45) is 5.92 Å². The van der Waals surface area contributed by atoms with Gasteiger partial charge in [-0.25, -0.2) is 4.79 Å². The molecule has 1 amide bonds. The minimum Gasteiger partial charge on any atom is -0.480 e. The lowest BCUT2D eigenvalue weighted by Gasteiger charge is -2.28. The summed E-state index contributed by atoms with van der Waals surface area (Å²) in [6, 6.07) is 4.57. The lowest BCUT2D eigenvalue weighted by molar-refractivity contribution is -0.385. The van der Waals surface area contributed by atoms with Gasteiger partial charge >= 0.3 is 11.7 Å². The predicted octanol–water partition coefficient (Wildman–Crippen LogP) is 0.970. The minimum atomic E-state index is -1.15. The number of ether oxygens (including phenoxy) is 2. The molecule has 0 radical (unpaired) electrons. The molecule has 1 aromatic rings. The number of para-hydroxylation sites is 2. The van der Waals surface area contributed by atoms with E-state index >= 15 is 0 Å². The number of benzene rings is 1. The molecule has 0 saturated carbocycles. The Morgan fingerprint density at radius 1 is 1.46 bits per heavy atom. The van der Waals surface area contributed by atoms with Crippen molar-refractivity contribution in [3.05, 3.63) is 34.4 Å². The van der Waals surface area contributed by atoms with Crippen molar-refractivity contribution in [3.8, 4) is 5.75 Å². The number of nitro benzene ring substituents is 1. The van der Waals surface area contributed by atoms with Gasteiger partial charge in [-0.3, -0.25) is 14.9 Å². The van der Waals surface area contributed by atoms with Crippen LogP contribution in [0.3, 0.4) is 0 Å². The zero-order valence-electron chi connectivity index (χ0n) is 12.8. The summed E-state index contributed by atoms with van der Waals surface area (Å²) in [6.45, 7) is 0.335. The first-order valence-electron chi connectivity index (χ1n) is 7.45. The number of hydrogen-bond donors (Lipinski definition) is 2. The van der Waals surface area contributed by atoms with Crippen molar-refractivity contribution in [3.63, 3.8) is 0 Å². The molecule has 130 valence electrons. The fourth-order valence-corrected chi connectivity index (χ4v) is 2.50. The average Bonchev–Trinajstić information content (AvgIpc) is 2.58. The van der Waals surface area contributed by atoms with Crippen molar-refractivity contribution in [2.45, 2.75) is 18.9 Å². The van der Waals surface area contributed by atoms with Gasteiger partial charge in [-0.15, -0.1) is 0 Å². The number of nitrogens with zero attached hydrogens (tertiary/aromatic N) is 1. The van der Waals surface area contributed by atoms with Gasteiger partial charge in [0.05, 0.1) is 11.5 Å². The Labute approximate surface area is 137 Å². The standard InChI is InChI=1S/C15H18N2O7/c18-13(9-24-12-6-2-1-5-11(12)17(21)22)16-14(15(19)20)10-4-3-7-23-8-10/h1-2,5-6,10,14H,3-4,7-9H2,(H,16,18)(H,19,20). The van der Waals surface area contributed by atoms with Crippen LogP contribution in [0.15, 0.2) is 24.3 Å². The van der Waals surface area contributed by atoms with Crippen molar-refractivity contribution in [1.82, 2.24) is 5.32 Å². The molecule has 1 heterocycles. The third-order valence-corrected chi connectivity index (χ3v) is 3.67. The zero-order valence-corrected chi connectivity index (χ0v) is 12.8. The van der Waals surface area contributed by atoms with Gasteiger partial charge in [-0.2, -0.15) is 0 Å². The fourth-order valence-electron chi connectivity index (χ4n) is 2.50. The maximum Gasteiger partial charge on any atom is 0.326 e. The van der Waals surface area contributed by atoms with Crippen LogP contribution in [0.5, 0.6) is 5.75 Å². The number of nitrogens with one attached hydrogen (secondary N) is 1. The molecule has 1 aromatic carbocycles. The quantitative estimate of drug-likeness (QED) is 0.560. The number of amides is 1. The highest BCUT2D eigenvalue weighted by Gasteiger charge is 2.31. The SMILES string of the molecule is O=C(COc1ccccc1[N+](=O)[O-])NC(C(=O)O)C1CCCOC1. The number of nitro groups is 1. The number of hydrogen-bond acceptors (Lipinski definition) is 6. The summed E-state index contributed by atoms with van der Waals surface area (Å²) in [6.07, 6.45) is 1.37. The van der Waals surface area contributed by atoms with E-state index in [1.165, 1.54) is 18.2 Å². The molecule has 2 unspecified atom stereocenters. The van der Waals surface area contributed by atoms with Crippen LogP contribution in [-0.2, 0) is 14.3 Å². The number of carbonyl (C=O) groups excluding carboxylic acids is 1. The molecule has 24 heavy (non-hydrogen) atoms. The summed E-state index contributed by atoms with van der Waals surface area (Å²) in [4.78, 5) is 33.6. The highest BCUT2D eigenvalue weighted by atomic mass is 16.6. The van der Waals surface area contributed by atoms with E-state index in [1.807, 2.05) is 0 Å². The van der Waals surface area contributed by atoms with Crippen molar-refractivity contribution >= 4 is 17.6 Å². The average molecular weight is 338 g/mol. The topological polar surface area (TPSA) is 128 Å².